The number of aryl methyl sites for hydroxylation is 2. The van der Waals surface area contributed by atoms with E-state index in [1.165, 1.54) is 16.4 Å². The molecule has 0 aromatic heterocycles. The van der Waals surface area contributed by atoms with Gasteiger partial charge in [-0.2, -0.15) is 4.31 Å². The van der Waals surface area contributed by atoms with E-state index in [9.17, 15) is 12.8 Å². The average Bonchev–Trinajstić information content (AvgIpc) is 2.27. The highest BCUT2D eigenvalue weighted by atomic mass is 32.2. The first-order chi connectivity index (χ1) is 8.84. The molecular weight excluding hydrogens is 267 g/mol. The summed E-state index contributed by atoms with van der Waals surface area (Å²) in [5, 5.41) is 0. The van der Waals surface area contributed by atoms with E-state index in [1.807, 2.05) is 0 Å². The number of hydrogen-bond acceptors (Lipinski definition) is 3. The fourth-order valence-corrected chi connectivity index (χ4v) is 4.05. The second-order valence-corrected chi connectivity index (χ2v) is 6.38. The SMILES string of the molecule is CCN(CCCN)S(=O)(=O)c1c(C)cc(F)cc1C. The first-order valence-electron chi connectivity index (χ1n) is 6.31. The number of benzene rings is 1. The summed E-state index contributed by atoms with van der Waals surface area (Å²) in [6.07, 6.45) is 0.604. The molecule has 4 nitrogen and oxygen atoms in total. The second-order valence-electron chi connectivity index (χ2n) is 4.51. The van der Waals surface area contributed by atoms with Crippen LogP contribution in [0.3, 0.4) is 0 Å². The van der Waals surface area contributed by atoms with Crippen LogP contribution in [0.15, 0.2) is 17.0 Å². The lowest BCUT2D eigenvalue weighted by Gasteiger charge is -2.22. The van der Waals surface area contributed by atoms with Crippen molar-refractivity contribution in [3.8, 4) is 0 Å². The molecule has 1 aromatic carbocycles. The van der Waals surface area contributed by atoms with E-state index in [-0.39, 0.29) is 4.90 Å². The molecule has 1 rings (SSSR count). The molecule has 0 unspecified atom stereocenters. The fraction of sp³-hybridized carbons (Fsp3) is 0.538. The minimum Gasteiger partial charge on any atom is -0.330 e. The summed E-state index contributed by atoms with van der Waals surface area (Å²) in [6, 6.07) is 2.49. The number of sulfonamides is 1. The zero-order chi connectivity index (χ0) is 14.6. The van der Waals surface area contributed by atoms with Crippen LogP contribution in [0.1, 0.15) is 24.5 Å². The molecule has 2 N–H and O–H groups in total. The summed E-state index contributed by atoms with van der Waals surface area (Å²) in [5.41, 5.74) is 6.29. The van der Waals surface area contributed by atoms with Crippen LogP contribution in [0, 0.1) is 19.7 Å². The van der Waals surface area contributed by atoms with Gasteiger partial charge in [0.2, 0.25) is 10.0 Å². The molecule has 6 heteroatoms. The van der Waals surface area contributed by atoms with Crippen molar-refractivity contribution in [2.24, 2.45) is 5.73 Å². The molecule has 0 heterocycles. The monoisotopic (exact) mass is 288 g/mol. The zero-order valence-corrected chi connectivity index (χ0v) is 12.4. The number of nitrogens with two attached hydrogens (primary N) is 1. The summed E-state index contributed by atoms with van der Waals surface area (Å²) >= 11 is 0. The minimum absolute atomic E-state index is 0.202. The van der Waals surface area contributed by atoms with Crippen molar-refractivity contribution in [3.63, 3.8) is 0 Å². The van der Waals surface area contributed by atoms with E-state index in [0.29, 0.717) is 37.2 Å². The van der Waals surface area contributed by atoms with Crippen molar-refractivity contribution < 1.29 is 12.8 Å². The van der Waals surface area contributed by atoms with Crippen LogP contribution >= 0.6 is 0 Å². The summed E-state index contributed by atoms with van der Waals surface area (Å²) < 4.78 is 39.8. The van der Waals surface area contributed by atoms with Gasteiger partial charge < -0.3 is 5.73 Å². The lowest BCUT2D eigenvalue weighted by Crippen LogP contribution is -2.33. The maximum atomic E-state index is 13.3. The minimum atomic E-state index is -3.59. The van der Waals surface area contributed by atoms with Gasteiger partial charge in [-0.15, -0.1) is 0 Å². The van der Waals surface area contributed by atoms with Crippen LogP contribution in [-0.4, -0.2) is 32.4 Å². The summed E-state index contributed by atoms with van der Waals surface area (Å²) in [4.78, 5) is 0.202. The number of rotatable bonds is 6. The van der Waals surface area contributed by atoms with Gasteiger partial charge in [0.05, 0.1) is 4.90 Å². The van der Waals surface area contributed by atoms with Gasteiger partial charge in [-0.05, 0) is 50.1 Å². The molecule has 0 spiro atoms. The standard InChI is InChI=1S/C13H21FN2O2S/c1-4-16(7-5-6-15)19(17,18)13-10(2)8-12(14)9-11(13)3/h8-9H,4-7,15H2,1-3H3. The van der Waals surface area contributed by atoms with Gasteiger partial charge in [-0.25, -0.2) is 12.8 Å². The van der Waals surface area contributed by atoms with Crippen LogP contribution in [0.5, 0.6) is 0 Å². The number of halogens is 1. The third-order valence-electron chi connectivity index (χ3n) is 2.99. The van der Waals surface area contributed by atoms with Crippen molar-refractivity contribution >= 4 is 10.0 Å². The number of hydrogen-bond donors (Lipinski definition) is 1. The van der Waals surface area contributed by atoms with E-state index in [2.05, 4.69) is 0 Å². The molecule has 0 aliphatic heterocycles. The molecule has 0 radical (unpaired) electrons. The van der Waals surface area contributed by atoms with Gasteiger partial charge in [0, 0.05) is 13.1 Å². The molecule has 0 saturated carbocycles. The quantitative estimate of drug-likeness (QED) is 0.868. The molecule has 108 valence electrons. The van der Waals surface area contributed by atoms with Crippen molar-refractivity contribution in [3.05, 3.63) is 29.1 Å². The second kappa shape index (κ2) is 6.45. The molecule has 0 bridgehead atoms. The fourth-order valence-electron chi connectivity index (χ4n) is 2.15. The predicted molar refractivity (Wildman–Crippen MR) is 74.0 cm³/mol. The summed E-state index contributed by atoms with van der Waals surface area (Å²) in [5.74, 6) is -0.418. The van der Waals surface area contributed by atoms with Gasteiger partial charge in [0.25, 0.3) is 0 Å². The maximum absolute atomic E-state index is 13.3. The summed E-state index contributed by atoms with van der Waals surface area (Å²) in [7, 11) is -3.59. The Labute approximate surface area is 114 Å². The topological polar surface area (TPSA) is 63.4 Å². The Balaban J connectivity index is 3.26. The molecule has 0 fully saturated rings. The van der Waals surface area contributed by atoms with Crippen LogP contribution < -0.4 is 5.73 Å². The van der Waals surface area contributed by atoms with E-state index in [1.54, 1.807) is 20.8 Å². The molecule has 0 amide bonds. The molecule has 0 atom stereocenters. The van der Waals surface area contributed by atoms with Crippen molar-refractivity contribution in [1.82, 2.24) is 4.31 Å². The van der Waals surface area contributed by atoms with E-state index >= 15 is 0 Å². The Bertz CT molecular complexity index is 521. The zero-order valence-electron chi connectivity index (χ0n) is 11.6. The van der Waals surface area contributed by atoms with Crippen molar-refractivity contribution in [1.29, 1.82) is 0 Å². The highest BCUT2D eigenvalue weighted by Gasteiger charge is 2.26. The highest BCUT2D eigenvalue weighted by molar-refractivity contribution is 7.89. The summed E-state index contributed by atoms with van der Waals surface area (Å²) in [6.45, 7) is 6.19. The maximum Gasteiger partial charge on any atom is 0.243 e. The van der Waals surface area contributed by atoms with Gasteiger partial charge in [-0.1, -0.05) is 6.92 Å². The van der Waals surface area contributed by atoms with Crippen molar-refractivity contribution in [2.75, 3.05) is 19.6 Å². The molecule has 1 aromatic rings. The molecule has 0 aliphatic rings. The van der Waals surface area contributed by atoms with Crippen LogP contribution in [0.2, 0.25) is 0 Å². The Kier molecular flexibility index (Phi) is 5.46. The Morgan fingerprint density at radius 2 is 1.79 bits per heavy atom. The van der Waals surface area contributed by atoms with E-state index in [4.69, 9.17) is 5.73 Å². The molecule has 19 heavy (non-hydrogen) atoms. The normalized spacial score (nSPS) is 12.1. The van der Waals surface area contributed by atoms with E-state index in [0.717, 1.165) is 0 Å². The van der Waals surface area contributed by atoms with Gasteiger partial charge in [0.1, 0.15) is 5.82 Å². The van der Waals surface area contributed by atoms with Gasteiger partial charge in [0.15, 0.2) is 0 Å². The average molecular weight is 288 g/mol. The third-order valence-corrected chi connectivity index (χ3v) is 5.27. The van der Waals surface area contributed by atoms with Gasteiger partial charge >= 0.3 is 0 Å². The van der Waals surface area contributed by atoms with Crippen LogP contribution in [-0.2, 0) is 10.0 Å². The smallest absolute Gasteiger partial charge is 0.243 e. The number of nitrogens with zero attached hydrogens (tertiary/aromatic N) is 1. The van der Waals surface area contributed by atoms with Crippen LogP contribution in [0.25, 0.3) is 0 Å². The van der Waals surface area contributed by atoms with Crippen molar-refractivity contribution in [2.45, 2.75) is 32.1 Å². The van der Waals surface area contributed by atoms with Crippen LogP contribution in [0.4, 0.5) is 4.39 Å². The molecule has 0 saturated heterocycles. The van der Waals surface area contributed by atoms with E-state index < -0.39 is 15.8 Å². The lowest BCUT2D eigenvalue weighted by atomic mass is 10.1. The Morgan fingerprint density at radius 1 is 1.26 bits per heavy atom. The highest BCUT2D eigenvalue weighted by Crippen LogP contribution is 2.24. The third kappa shape index (κ3) is 3.52. The largest absolute Gasteiger partial charge is 0.330 e. The first-order valence-corrected chi connectivity index (χ1v) is 7.75. The Morgan fingerprint density at radius 3 is 2.21 bits per heavy atom. The van der Waals surface area contributed by atoms with Gasteiger partial charge in [-0.3, -0.25) is 0 Å². The molecule has 0 aliphatic carbocycles. The first kappa shape index (κ1) is 16.1. The predicted octanol–water partition coefficient (Wildman–Crippen LogP) is 1.80. The Hall–Kier alpha value is -0.980. The molecular formula is C13H21FN2O2S. The lowest BCUT2D eigenvalue weighted by molar-refractivity contribution is 0.422.